The third-order valence-electron chi connectivity index (χ3n) is 3.92. The van der Waals surface area contributed by atoms with Crippen molar-refractivity contribution in [3.05, 3.63) is 65.5 Å². The normalized spacial score (nSPS) is 16.5. The second kappa shape index (κ2) is 7.04. The first-order chi connectivity index (χ1) is 11.1. The van der Waals surface area contributed by atoms with Crippen LogP contribution in [0.3, 0.4) is 0 Å². The van der Waals surface area contributed by atoms with Gasteiger partial charge >= 0.3 is 6.03 Å². The van der Waals surface area contributed by atoms with Crippen LogP contribution in [-0.2, 0) is 6.54 Å². The largest absolute Gasteiger partial charge is 0.331 e. The van der Waals surface area contributed by atoms with E-state index in [2.05, 4.69) is 5.32 Å². The first-order valence-corrected chi connectivity index (χ1v) is 8.60. The molecule has 1 aliphatic rings. The molecule has 3 nitrogen and oxygen atoms in total. The van der Waals surface area contributed by atoms with Crippen LogP contribution in [0.5, 0.6) is 0 Å². The first-order valence-electron chi connectivity index (χ1n) is 7.61. The van der Waals surface area contributed by atoms with Crippen molar-refractivity contribution in [2.24, 2.45) is 0 Å². The van der Waals surface area contributed by atoms with Gasteiger partial charge in [-0.1, -0.05) is 30.3 Å². The molecule has 0 aromatic heterocycles. The number of amides is 2. The average molecular weight is 330 g/mol. The minimum atomic E-state index is -0.261. The third-order valence-corrected chi connectivity index (χ3v) is 5.04. The lowest BCUT2D eigenvalue weighted by Crippen LogP contribution is -2.39. The molecular weight excluding hydrogens is 311 g/mol. The van der Waals surface area contributed by atoms with Crippen LogP contribution >= 0.6 is 11.8 Å². The molecule has 0 spiro atoms. The van der Waals surface area contributed by atoms with Gasteiger partial charge in [0.05, 0.1) is 6.04 Å². The van der Waals surface area contributed by atoms with Crippen LogP contribution in [0.4, 0.5) is 9.18 Å². The Bertz CT molecular complexity index is 693. The molecule has 2 aromatic rings. The van der Waals surface area contributed by atoms with Crippen LogP contribution in [0.25, 0.3) is 0 Å². The average Bonchev–Trinajstić information content (AvgIpc) is 2.56. The van der Waals surface area contributed by atoms with Gasteiger partial charge in [0.2, 0.25) is 0 Å². The van der Waals surface area contributed by atoms with Gasteiger partial charge in [-0.05, 0) is 35.7 Å². The Balaban J connectivity index is 1.68. The highest BCUT2D eigenvalue weighted by atomic mass is 32.2. The van der Waals surface area contributed by atoms with Gasteiger partial charge in [0.1, 0.15) is 5.82 Å². The van der Waals surface area contributed by atoms with Crippen molar-refractivity contribution >= 4 is 17.8 Å². The van der Waals surface area contributed by atoms with E-state index in [0.29, 0.717) is 6.54 Å². The molecular formula is C18H19FN2OS. The summed E-state index contributed by atoms with van der Waals surface area (Å²) in [4.78, 5) is 15.1. The van der Waals surface area contributed by atoms with Gasteiger partial charge in [0.25, 0.3) is 0 Å². The van der Waals surface area contributed by atoms with E-state index in [-0.39, 0.29) is 17.9 Å². The Morgan fingerprint density at radius 1 is 1.30 bits per heavy atom. The highest BCUT2D eigenvalue weighted by Gasteiger charge is 2.24. The Labute approximate surface area is 139 Å². The molecule has 2 aromatic carbocycles. The van der Waals surface area contributed by atoms with Crippen molar-refractivity contribution in [3.63, 3.8) is 0 Å². The minimum absolute atomic E-state index is 0.132. The van der Waals surface area contributed by atoms with Gasteiger partial charge in [0, 0.05) is 24.2 Å². The maximum absolute atomic E-state index is 13.5. The molecule has 23 heavy (non-hydrogen) atoms. The van der Waals surface area contributed by atoms with Crippen LogP contribution in [0, 0.1) is 5.82 Å². The highest BCUT2D eigenvalue weighted by Crippen LogP contribution is 2.36. The van der Waals surface area contributed by atoms with E-state index in [1.807, 2.05) is 30.3 Å². The number of carbonyl (C=O) groups excluding carboxylic acids is 1. The second-order valence-corrected chi connectivity index (χ2v) is 6.80. The van der Waals surface area contributed by atoms with Crippen molar-refractivity contribution in [2.75, 3.05) is 12.8 Å². The summed E-state index contributed by atoms with van der Waals surface area (Å²) in [6.45, 7) is 0.546. The van der Waals surface area contributed by atoms with Crippen LogP contribution in [0.1, 0.15) is 23.6 Å². The van der Waals surface area contributed by atoms with E-state index < -0.39 is 0 Å². The SMILES string of the molecule is CN(Cc1ccccc1)C(=O)N[C@H]1CCSc2ccc(F)cc21. The van der Waals surface area contributed by atoms with Gasteiger partial charge in [-0.15, -0.1) is 11.8 Å². The van der Waals surface area contributed by atoms with Crippen LogP contribution in [0.15, 0.2) is 53.4 Å². The fraction of sp³-hybridized carbons (Fsp3) is 0.278. The molecule has 1 heterocycles. The number of nitrogens with zero attached hydrogens (tertiary/aromatic N) is 1. The number of hydrogen-bond donors (Lipinski definition) is 1. The van der Waals surface area contributed by atoms with Crippen LogP contribution in [-0.4, -0.2) is 23.7 Å². The number of thioether (sulfide) groups is 1. The van der Waals surface area contributed by atoms with E-state index in [4.69, 9.17) is 0 Å². The van der Waals surface area contributed by atoms with Gasteiger partial charge in [-0.2, -0.15) is 0 Å². The number of urea groups is 1. The Morgan fingerprint density at radius 3 is 2.87 bits per heavy atom. The number of halogens is 1. The molecule has 0 unspecified atom stereocenters. The third kappa shape index (κ3) is 3.85. The monoisotopic (exact) mass is 330 g/mol. The quantitative estimate of drug-likeness (QED) is 0.914. The van der Waals surface area contributed by atoms with E-state index >= 15 is 0 Å². The zero-order valence-corrected chi connectivity index (χ0v) is 13.8. The molecule has 1 N–H and O–H groups in total. The lowest BCUT2D eigenvalue weighted by molar-refractivity contribution is 0.202. The summed E-state index contributed by atoms with van der Waals surface area (Å²) in [6.07, 6.45) is 0.812. The summed E-state index contributed by atoms with van der Waals surface area (Å²) in [5.41, 5.74) is 1.96. The van der Waals surface area contributed by atoms with Crippen molar-refractivity contribution in [1.29, 1.82) is 0 Å². The standard InChI is InChI=1S/C18H19FN2OS/c1-21(12-13-5-3-2-4-6-13)18(22)20-16-9-10-23-17-8-7-14(19)11-15(16)17/h2-8,11,16H,9-10,12H2,1H3,(H,20,22)/t16-/m0/s1. The van der Waals surface area contributed by atoms with E-state index in [1.54, 1.807) is 29.8 Å². The number of nitrogens with one attached hydrogen (secondary N) is 1. The topological polar surface area (TPSA) is 32.3 Å². The highest BCUT2D eigenvalue weighted by molar-refractivity contribution is 7.99. The summed E-state index contributed by atoms with van der Waals surface area (Å²) >= 11 is 1.71. The van der Waals surface area contributed by atoms with Crippen molar-refractivity contribution < 1.29 is 9.18 Å². The van der Waals surface area contributed by atoms with Crippen molar-refractivity contribution in [2.45, 2.75) is 23.9 Å². The first kappa shape index (κ1) is 15.9. The lowest BCUT2D eigenvalue weighted by Gasteiger charge is -2.28. The van der Waals surface area contributed by atoms with Crippen molar-refractivity contribution in [1.82, 2.24) is 10.2 Å². The molecule has 0 fully saturated rings. The Kier molecular flexibility index (Phi) is 4.86. The molecule has 0 bridgehead atoms. The Hall–Kier alpha value is -2.01. The smallest absolute Gasteiger partial charge is 0.317 e. The molecule has 1 aliphatic heterocycles. The van der Waals surface area contributed by atoms with Crippen LogP contribution in [0.2, 0.25) is 0 Å². The maximum Gasteiger partial charge on any atom is 0.317 e. The molecule has 0 saturated carbocycles. The molecule has 0 saturated heterocycles. The van der Waals surface area contributed by atoms with E-state index in [1.165, 1.54) is 12.1 Å². The van der Waals surface area contributed by atoms with Gasteiger partial charge in [0.15, 0.2) is 0 Å². The lowest BCUT2D eigenvalue weighted by atomic mass is 10.0. The zero-order valence-electron chi connectivity index (χ0n) is 13.0. The number of benzene rings is 2. The summed E-state index contributed by atoms with van der Waals surface area (Å²) in [7, 11) is 1.77. The fourth-order valence-corrected chi connectivity index (χ4v) is 3.81. The predicted molar refractivity (Wildman–Crippen MR) is 90.9 cm³/mol. The molecule has 120 valence electrons. The van der Waals surface area contributed by atoms with E-state index in [9.17, 15) is 9.18 Å². The Morgan fingerprint density at radius 2 is 2.09 bits per heavy atom. The zero-order chi connectivity index (χ0) is 16.2. The number of hydrogen-bond acceptors (Lipinski definition) is 2. The fourth-order valence-electron chi connectivity index (χ4n) is 2.70. The predicted octanol–water partition coefficient (Wildman–Crippen LogP) is 4.20. The maximum atomic E-state index is 13.5. The summed E-state index contributed by atoms with van der Waals surface area (Å²) in [6, 6.07) is 14.4. The van der Waals surface area contributed by atoms with Crippen LogP contribution < -0.4 is 5.32 Å². The number of carbonyl (C=O) groups is 1. The molecule has 5 heteroatoms. The summed E-state index contributed by atoms with van der Waals surface area (Å²) in [5.74, 6) is 0.662. The van der Waals surface area contributed by atoms with E-state index in [0.717, 1.165) is 28.2 Å². The van der Waals surface area contributed by atoms with Gasteiger partial charge < -0.3 is 10.2 Å². The minimum Gasteiger partial charge on any atom is -0.331 e. The molecule has 0 aliphatic carbocycles. The number of fused-ring (bicyclic) bond motifs is 1. The van der Waals surface area contributed by atoms with Gasteiger partial charge in [-0.25, -0.2) is 9.18 Å². The molecule has 2 amide bonds. The molecule has 1 atom stereocenters. The molecule has 0 radical (unpaired) electrons. The number of rotatable bonds is 3. The van der Waals surface area contributed by atoms with Gasteiger partial charge in [-0.3, -0.25) is 0 Å². The summed E-state index contributed by atoms with van der Waals surface area (Å²) in [5, 5.41) is 3.03. The molecule has 3 rings (SSSR count). The summed E-state index contributed by atoms with van der Waals surface area (Å²) < 4.78 is 13.5. The van der Waals surface area contributed by atoms with Crippen molar-refractivity contribution in [3.8, 4) is 0 Å². The second-order valence-electron chi connectivity index (χ2n) is 5.66.